The molecule has 1 aliphatic carbocycles. The molecule has 0 radical (unpaired) electrons. The molecule has 0 saturated carbocycles. The van der Waals surface area contributed by atoms with Gasteiger partial charge in [0, 0.05) is 0 Å². The molecule has 1 heterocycles. The number of carbonyl (C=O) groups is 2. The Morgan fingerprint density at radius 1 is 0.710 bits per heavy atom. The van der Waals surface area contributed by atoms with Crippen LogP contribution in [0.2, 0.25) is 0 Å². The molecule has 4 aromatic rings. The van der Waals surface area contributed by atoms with Crippen LogP contribution >= 0.6 is 0 Å². The Morgan fingerprint density at radius 3 is 2.13 bits per heavy atom. The van der Waals surface area contributed by atoms with Gasteiger partial charge in [0.15, 0.2) is 0 Å². The molecule has 154 valence electrons. The van der Waals surface area contributed by atoms with Crippen molar-refractivity contribution in [1.82, 2.24) is 0 Å². The lowest BCUT2D eigenvalue weighted by atomic mass is 9.86. The molecule has 0 fully saturated rings. The van der Waals surface area contributed by atoms with E-state index in [-0.39, 0.29) is 11.1 Å². The zero-order valence-corrected chi connectivity index (χ0v) is 16.7. The highest BCUT2D eigenvalue weighted by Crippen LogP contribution is 2.49. The van der Waals surface area contributed by atoms with Crippen molar-refractivity contribution in [2.75, 3.05) is 0 Å². The highest BCUT2D eigenvalue weighted by molar-refractivity contribution is 6.15. The second kappa shape index (κ2) is 7.43. The molecule has 6 rings (SSSR count). The molecule has 5 nitrogen and oxygen atoms in total. The molecule has 0 saturated heterocycles. The van der Waals surface area contributed by atoms with Gasteiger partial charge in [-0.05, 0) is 77.2 Å². The fourth-order valence-corrected chi connectivity index (χ4v) is 4.56. The van der Waals surface area contributed by atoms with Crippen molar-refractivity contribution in [3.05, 3.63) is 82.9 Å². The van der Waals surface area contributed by atoms with Crippen LogP contribution in [0.25, 0.3) is 21.5 Å². The molecule has 4 aromatic carbocycles. The average Bonchev–Trinajstić information content (AvgIpc) is 2.78. The first-order valence-electron chi connectivity index (χ1n) is 10.3. The standard InChI is InChI=1S/C18H14O.C8H6O4/c1-2-5-12-11(4-1)8-9-13-14-6-3-7-16-18(14)17(19-16)10-15(12)13;9-7(10)5-3-1-2-4-6(5)8(11)12/h3,6-10H,1-2,4-5H2;1-4H,(H,9,10)(H,11,12). The summed E-state index contributed by atoms with van der Waals surface area (Å²) in [6.07, 6.45) is 5.11. The van der Waals surface area contributed by atoms with Gasteiger partial charge in [-0.3, -0.25) is 0 Å². The minimum atomic E-state index is -1.23. The van der Waals surface area contributed by atoms with Crippen LogP contribution < -0.4 is 4.74 Å². The molecule has 2 aliphatic rings. The molecule has 0 atom stereocenters. The minimum absolute atomic E-state index is 0.190. The van der Waals surface area contributed by atoms with Gasteiger partial charge in [-0.2, -0.15) is 0 Å². The van der Waals surface area contributed by atoms with Gasteiger partial charge in [-0.1, -0.05) is 36.4 Å². The molecule has 0 spiro atoms. The van der Waals surface area contributed by atoms with E-state index < -0.39 is 11.9 Å². The lowest BCUT2D eigenvalue weighted by Gasteiger charge is -2.24. The van der Waals surface area contributed by atoms with Crippen LogP contribution in [0.4, 0.5) is 0 Å². The van der Waals surface area contributed by atoms with E-state index >= 15 is 0 Å². The van der Waals surface area contributed by atoms with Crippen molar-refractivity contribution in [3.63, 3.8) is 0 Å². The predicted octanol–water partition coefficient (Wildman–Crippen LogP) is 6.06. The summed E-state index contributed by atoms with van der Waals surface area (Å²) in [5, 5.41) is 22.6. The van der Waals surface area contributed by atoms with Crippen molar-refractivity contribution < 1.29 is 24.5 Å². The summed E-state index contributed by atoms with van der Waals surface area (Å²) >= 11 is 0. The van der Waals surface area contributed by atoms with E-state index in [1.165, 1.54) is 71.5 Å². The molecule has 2 N–H and O–H groups in total. The molecule has 0 unspecified atom stereocenters. The SMILES string of the molecule is O=C(O)c1ccccc1C(=O)O.c1cc2c3c(cc4c5c(ccc4c3c1)CCCC5)O2. The van der Waals surface area contributed by atoms with Crippen molar-refractivity contribution >= 4 is 33.5 Å². The van der Waals surface area contributed by atoms with E-state index in [4.69, 9.17) is 14.9 Å². The first-order chi connectivity index (χ1) is 15.0. The first-order valence-corrected chi connectivity index (χ1v) is 10.3. The molecule has 5 heteroatoms. The van der Waals surface area contributed by atoms with Crippen LogP contribution in [-0.2, 0) is 12.8 Å². The third-order valence-corrected chi connectivity index (χ3v) is 6.02. The Balaban J connectivity index is 0.000000149. The third-order valence-electron chi connectivity index (χ3n) is 6.02. The van der Waals surface area contributed by atoms with Gasteiger partial charge in [-0.15, -0.1) is 0 Å². The minimum Gasteiger partial charge on any atom is -0.478 e. The highest BCUT2D eigenvalue weighted by atomic mass is 16.5. The normalized spacial score (nSPS) is 13.4. The van der Waals surface area contributed by atoms with Crippen molar-refractivity contribution in [2.24, 2.45) is 0 Å². The van der Waals surface area contributed by atoms with Crippen LogP contribution in [0.5, 0.6) is 11.5 Å². The topological polar surface area (TPSA) is 83.8 Å². The number of ether oxygens (including phenoxy) is 1. The number of hydrogen-bond acceptors (Lipinski definition) is 3. The molecule has 0 amide bonds. The number of hydrogen-bond donors (Lipinski definition) is 2. The summed E-state index contributed by atoms with van der Waals surface area (Å²) in [6.45, 7) is 0. The Hall–Kier alpha value is -3.86. The number of fused-ring (bicyclic) bond motifs is 4. The number of rotatable bonds is 2. The van der Waals surface area contributed by atoms with Crippen LogP contribution in [0.3, 0.4) is 0 Å². The van der Waals surface area contributed by atoms with Crippen molar-refractivity contribution in [1.29, 1.82) is 0 Å². The number of carboxylic acids is 2. The van der Waals surface area contributed by atoms with E-state index in [9.17, 15) is 9.59 Å². The Morgan fingerprint density at radius 2 is 1.42 bits per heavy atom. The monoisotopic (exact) mass is 412 g/mol. The van der Waals surface area contributed by atoms with Gasteiger partial charge >= 0.3 is 11.9 Å². The smallest absolute Gasteiger partial charge is 0.336 e. The van der Waals surface area contributed by atoms with Crippen LogP contribution in [0.15, 0.2) is 60.7 Å². The van der Waals surface area contributed by atoms with Gasteiger partial charge in [0.2, 0.25) is 0 Å². The third kappa shape index (κ3) is 3.19. The Labute approximate surface area is 178 Å². The van der Waals surface area contributed by atoms with E-state index in [0.29, 0.717) is 0 Å². The largest absolute Gasteiger partial charge is 0.478 e. The molecular weight excluding hydrogens is 392 g/mol. The quantitative estimate of drug-likeness (QED) is 0.344. The maximum atomic E-state index is 10.5. The van der Waals surface area contributed by atoms with Gasteiger partial charge < -0.3 is 14.9 Å². The van der Waals surface area contributed by atoms with E-state index in [1.54, 1.807) is 11.1 Å². The lowest BCUT2D eigenvalue weighted by molar-refractivity contribution is 0.0651. The van der Waals surface area contributed by atoms with E-state index in [2.05, 4.69) is 36.4 Å². The highest BCUT2D eigenvalue weighted by Gasteiger charge is 2.23. The second-order valence-corrected chi connectivity index (χ2v) is 7.82. The number of benzene rings is 4. The Bertz CT molecular complexity index is 1340. The van der Waals surface area contributed by atoms with Gasteiger partial charge in [0.1, 0.15) is 11.5 Å². The lowest BCUT2D eigenvalue weighted by Crippen LogP contribution is -2.06. The van der Waals surface area contributed by atoms with Crippen LogP contribution in [0, 0.1) is 0 Å². The molecule has 0 aromatic heterocycles. The number of aromatic carboxylic acids is 2. The zero-order valence-electron chi connectivity index (χ0n) is 16.7. The number of aryl methyl sites for hydroxylation is 2. The van der Waals surface area contributed by atoms with E-state index in [1.807, 2.05) is 0 Å². The fraction of sp³-hybridized carbons (Fsp3) is 0.154. The maximum absolute atomic E-state index is 10.5. The summed E-state index contributed by atoms with van der Waals surface area (Å²) < 4.78 is 5.77. The summed E-state index contributed by atoms with van der Waals surface area (Å²) in [5.74, 6) is -0.356. The van der Waals surface area contributed by atoms with Crippen LogP contribution in [-0.4, -0.2) is 22.2 Å². The van der Waals surface area contributed by atoms with Gasteiger partial charge in [0.25, 0.3) is 0 Å². The van der Waals surface area contributed by atoms with E-state index in [0.717, 1.165) is 11.5 Å². The summed E-state index contributed by atoms with van der Waals surface area (Å²) in [6, 6.07) is 18.8. The summed E-state index contributed by atoms with van der Waals surface area (Å²) in [5.41, 5.74) is 2.72. The molecular formula is C26H20O5. The van der Waals surface area contributed by atoms with Crippen molar-refractivity contribution in [3.8, 4) is 11.5 Å². The fourth-order valence-electron chi connectivity index (χ4n) is 4.56. The second-order valence-electron chi connectivity index (χ2n) is 7.82. The maximum Gasteiger partial charge on any atom is 0.336 e. The molecule has 31 heavy (non-hydrogen) atoms. The first kappa shape index (κ1) is 19.1. The molecule has 1 aliphatic heterocycles. The summed E-state index contributed by atoms with van der Waals surface area (Å²) in [7, 11) is 0. The average molecular weight is 412 g/mol. The zero-order chi connectivity index (χ0) is 21.5. The Kier molecular flexibility index (Phi) is 4.59. The number of carboxylic acid groups (broad SMARTS) is 2. The van der Waals surface area contributed by atoms with Crippen LogP contribution in [0.1, 0.15) is 44.7 Å². The molecule has 0 bridgehead atoms. The summed E-state index contributed by atoms with van der Waals surface area (Å²) in [4.78, 5) is 20.9. The predicted molar refractivity (Wildman–Crippen MR) is 119 cm³/mol. The van der Waals surface area contributed by atoms with Gasteiger partial charge in [-0.25, -0.2) is 9.59 Å². The van der Waals surface area contributed by atoms with Crippen molar-refractivity contribution in [2.45, 2.75) is 25.7 Å². The van der Waals surface area contributed by atoms with Gasteiger partial charge in [0.05, 0.1) is 16.5 Å².